The zero-order valence-corrected chi connectivity index (χ0v) is 9.01. The molecular weight excluding hydrogens is 196 g/mol. The van der Waals surface area contributed by atoms with Gasteiger partial charge in [0.25, 0.3) is 0 Å². The van der Waals surface area contributed by atoms with E-state index in [2.05, 4.69) is 4.98 Å². The number of aliphatic hydroxyl groups is 1. The number of nitriles is 1. The average molecular weight is 208 g/mol. The lowest BCUT2D eigenvalue weighted by molar-refractivity contribution is 0.217. The molecule has 0 saturated heterocycles. The predicted molar refractivity (Wildman–Crippen MR) is 56.7 cm³/mol. The van der Waals surface area contributed by atoms with Gasteiger partial charge in [0.1, 0.15) is 0 Å². The van der Waals surface area contributed by atoms with E-state index in [-0.39, 0.29) is 6.42 Å². The summed E-state index contributed by atoms with van der Waals surface area (Å²) in [7, 11) is 0. The number of aliphatic hydroxyl groups excluding tert-OH is 1. The van der Waals surface area contributed by atoms with Crippen molar-refractivity contribution in [3.63, 3.8) is 0 Å². The zero-order chi connectivity index (χ0) is 10.6. The molecule has 4 heteroatoms. The van der Waals surface area contributed by atoms with E-state index in [0.29, 0.717) is 0 Å². The molecule has 74 valence electrons. The molecule has 1 aromatic rings. The molecule has 0 radical (unpaired) electrons. The number of hydrogen-bond acceptors (Lipinski definition) is 4. The molecule has 3 nitrogen and oxygen atoms in total. The van der Waals surface area contributed by atoms with Crippen LogP contribution in [0.2, 0.25) is 0 Å². The van der Waals surface area contributed by atoms with Gasteiger partial charge in [-0.05, 0) is 25.5 Å². The van der Waals surface area contributed by atoms with Gasteiger partial charge in [0.2, 0.25) is 0 Å². The van der Waals surface area contributed by atoms with Crippen LogP contribution in [0.4, 0.5) is 0 Å². The fourth-order valence-corrected chi connectivity index (χ4v) is 1.59. The smallest absolute Gasteiger partial charge is 0.0901 e. The number of rotatable bonds is 3. The molecule has 1 aromatic heterocycles. The molecule has 0 unspecified atom stereocenters. The lowest BCUT2D eigenvalue weighted by atomic mass is 10.1. The minimum Gasteiger partial charge on any atom is -0.388 e. The van der Waals surface area contributed by atoms with Gasteiger partial charge in [-0.25, -0.2) is 4.98 Å². The van der Waals surface area contributed by atoms with Crippen LogP contribution in [0.1, 0.15) is 24.0 Å². The summed E-state index contributed by atoms with van der Waals surface area (Å²) in [5, 5.41) is 20.8. The van der Waals surface area contributed by atoms with E-state index in [1.807, 2.05) is 24.4 Å². The summed E-state index contributed by atoms with van der Waals surface area (Å²) in [6, 6.07) is 1.93. The molecule has 1 rings (SSSR count). The zero-order valence-electron chi connectivity index (χ0n) is 8.19. The molecule has 1 heterocycles. The van der Waals surface area contributed by atoms with E-state index in [1.165, 1.54) is 0 Å². The lowest BCUT2D eigenvalue weighted by Gasteiger charge is -2.05. The molecule has 0 aliphatic carbocycles. The number of thiazole rings is 1. The van der Waals surface area contributed by atoms with Gasteiger partial charge in [0.15, 0.2) is 0 Å². The summed E-state index contributed by atoms with van der Waals surface area (Å²) in [5.74, 6) is 0. The summed E-state index contributed by atoms with van der Waals surface area (Å²) in [6.45, 7) is 3.74. The van der Waals surface area contributed by atoms with Crippen molar-refractivity contribution in [2.45, 2.75) is 26.4 Å². The molecule has 0 saturated carbocycles. The highest BCUT2D eigenvalue weighted by Gasteiger charge is 2.05. The molecule has 14 heavy (non-hydrogen) atoms. The van der Waals surface area contributed by atoms with Gasteiger partial charge in [-0.2, -0.15) is 5.26 Å². The van der Waals surface area contributed by atoms with Crippen LogP contribution in [0, 0.1) is 18.3 Å². The largest absolute Gasteiger partial charge is 0.388 e. The van der Waals surface area contributed by atoms with Crippen LogP contribution in [-0.2, 0) is 0 Å². The Morgan fingerprint density at radius 2 is 2.57 bits per heavy atom. The van der Waals surface area contributed by atoms with Gasteiger partial charge in [-0.15, -0.1) is 11.3 Å². The Bertz CT molecular complexity index is 376. The first-order chi connectivity index (χ1) is 6.63. The predicted octanol–water partition coefficient (Wildman–Crippen LogP) is 2.13. The molecule has 0 amide bonds. The quantitative estimate of drug-likeness (QED) is 0.827. The van der Waals surface area contributed by atoms with Crippen LogP contribution >= 0.6 is 11.3 Å². The van der Waals surface area contributed by atoms with Crippen LogP contribution < -0.4 is 0 Å². The van der Waals surface area contributed by atoms with Crippen molar-refractivity contribution in [2.75, 3.05) is 0 Å². The third-order valence-corrected chi connectivity index (χ3v) is 2.61. The Kier molecular flexibility index (Phi) is 3.81. The van der Waals surface area contributed by atoms with Crippen molar-refractivity contribution in [3.8, 4) is 6.07 Å². The third-order valence-electron chi connectivity index (χ3n) is 1.82. The molecule has 1 N–H and O–H groups in total. The van der Waals surface area contributed by atoms with Gasteiger partial charge in [-0.1, -0.05) is 0 Å². The van der Waals surface area contributed by atoms with Gasteiger partial charge in [-0.3, -0.25) is 0 Å². The topological polar surface area (TPSA) is 56.9 Å². The van der Waals surface area contributed by atoms with E-state index in [0.717, 1.165) is 16.3 Å². The molecule has 1 atom stereocenters. The van der Waals surface area contributed by atoms with Gasteiger partial charge >= 0.3 is 0 Å². The normalized spacial score (nSPS) is 13.7. The van der Waals surface area contributed by atoms with Crippen molar-refractivity contribution in [1.82, 2.24) is 4.98 Å². The molecule has 0 aliphatic rings. The summed E-state index contributed by atoms with van der Waals surface area (Å²) in [4.78, 5) is 4.24. The average Bonchev–Trinajstić information content (AvgIpc) is 2.51. The van der Waals surface area contributed by atoms with Crippen molar-refractivity contribution >= 4 is 17.4 Å². The highest BCUT2D eigenvalue weighted by Crippen LogP contribution is 2.14. The highest BCUT2D eigenvalue weighted by molar-refractivity contribution is 7.09. The molecule has 0 aliphatic heterocycles. The fraction of sp³-hybridized carbons (Fsp3) is 0.400. The molecule has 0 bridgehead atoms. The minimum atomic E-state index is -0.679. The first-order valence-corrected chi connectivity index (χ1v) is 5.17. The van der Waals surface area contributed by atoms with Gasteiger partial charge < -0.3 is 5.11 Å². The van der Waals surface area contributed by atoms with Gasteiger partial charge in [0, 0.05) is 5.38 Å². The first kappa shape index (κ1) is 10.9. The summed E-state index contributed by atoms with van der Waals surface area (Å²) in [5.41, 5.74) is 1.62. The Morgan fingerprint density at radius 3 is 3.07 bits per heavy atom. The summed E-state index contributed by atoms with van der Waals surface area (Å²) < 4.78 is 0. The van der Waals surface area contributed by atoms with Crippen molar-refractivity contribution < 1.29 is 5.11 Å². The summed E-state index contributed by atoms with van der Waals surface area (Å²) >= 11 is 1.57. The maximum atomic E-state index is 9.47. The monoisotopic (exact) mass is 208 g/mol. The van der Waals surface area contributed by atoms with Crippen LogP contribution in [0.25, 0.3) is 6.08 Å². The minimum absolute atomic E-state index is 0.130. The Hall–Kier alpha value is -1.18. The summed E-state index contributed by atoms with van der Waals surface area (Å²) in [6.07, 6.45) is 1.26. The third kappa shape index (κ3) is 2.95. The standard InChI is InChI=1S/C10H12N2OS/c1-7(10(13)3-4-11)5-9-6-14-8(2)12-9/h5-6,10,13H,3H2,1-2H3/b7-5+/t10-/m1/s1. The molecular formula is C10H12N2OS. The number of nitrogens with zero attached hydrogens (tertiary/aromatic N) is 2. The first-order valence-electron chi connectivity index (χ1n) is 4.29. The van der Waals surface area contributed by atoms with Gasteiger partial charge in [0.05, 0.1) is 29.3 Å². The fourth-order valence-electron chi connectivity index (χ4n) is 1.02. The number of hydrogen-bond donors (Lipinski definition) is 1. The van der Waals surface area contributed by atoms with E-state index in [4.69, 9.17) is 5.26 Å². The maximum absolute atomic E-state index is 9.47. The maximum Gasteiger partial charge on any atom is 0.0901 e. The SMILES string of the molecule is C/C(=C\c1csc(C)n1)[C@H](O)CC#N. The second-order valence-electron chi connectivity index (χ2n) is 3.06. The second-order valence-corrected chi connectivity index (χ2v) is 4.12. The molecule has 0 aromatic carbocycles. The van der Waals surface area contributed by atoms with E-state index in [1.54, 1.807) is 18.3 Å². The second kappa shape index (κ2) is 4.89. The molecule has 0 spiro atoms. The van der Waals surface area contributed by atoms with E-state index < -0.39 is 6.10 Å². The van der Waals surface area contributed by atoms with Crippen molar-refractivity contribution in [2.24, 2.45) is 0 Å². The molecule has 0 fully saturated rings. The van der Waals surface area contributed by atoms with E-state index in [9.17, 15) is 5.11 Å². The van der Waals surface area contributed by atoms with Crippen LogP contribution in [0.5, 0.6) is 0 Å². The number of aryl methyl sites for hydroxylation is 1. The Labute approximate surface area is 87.3 Å². The van der Waals surface area contributed by atoms with Crippen LogP contribution in [0.3, 0.4) is 0 Å². The lowest BCUT2D eigenvalue weighted by Crippen LogP contribution is -2.06. The Balaban J connectivity index is 2.73. The van der Waals surface area contributed by atoms with Crippen molar-refractivity contribution in [3.05, 3.63) is 21.7 Å². The highest BCUT2D eigenvalue weighted by atomic mass is 32.1. The van der Waals surface area contributed by atoms with E-state index >= 15 is 0 Å². The van der Waals surface area contributed by atoms with Crippen LogP contribution in [-0.4, -0.2) is 16.2 Å². The Morgan fingerprint density at radius 1 is 1.86 bits per heavy atom. The number of aromatic nitrogens is 1. The van der Waals surface area contributed by atoms with Crippen molar-refractivity contribution in [1.29, 1.82) is 5.26 Å². The van der Waals surface area contributed by atoms with Crippen LogP contribution in [0.15, 0.2) is 11.0 Å².